The molecule has 0 bridgehead atoms. The van der Waals surface area contributed by atoms with Gasteiger partial charge in [-0.1, -0.05) is 31.4 Å². The van der Waals surface area contributed by atoms with Gasteiger partial charge in [-0.15, -0.1) is 0 Å². The minimum atomic E-state index is -3.70. The van der Waals surface area contributed by atoms with E-state index < -0.39 is 10.0 Å². The summed E-state index contributed by atoms with van der Waals surface area (Å²) in [5.74, 6) is 0.143. The van der Waals surface area contributed by atoms with E-state index in [0.717, 1.165) is 19.3 Å². The Labute approximate surface area is 131 Å². The van der Waals surface area contributed by atoms with Gasteiger partial charge in [0, 0.05) is 24.2 Å². The van der Waals surface area contributed by atoms with E-state index in [-0.39, 0.29) is 22.3 Å². The van der Waals surface area contributed by atoms with E-state index in [1.807, 2.05) is 0 Å². The van der Waals surface area contributed by atoms with E-state index in [9.17, 15) is 13.5 Å². The van der Waals surface area contributed by atoms with Crippen LogP contribution < -0.4 is 4.74 Å². The topological polar surface area (TPSA) is 66.8 Å². The number of halogens is 1. The van der Waals surface area contributed by atoms with Crippen molar-refractivity contribution in [1.82, 2.24) is 4.31 Å². The Balaban J connectivity index is 3.21. The second kappa shape index (κ2) is 7.98. The van der Waals surface area contributed by atoms with Gasteiger partial charge in [-0.25, -0.2) is 12.7 Å². The maximum atomic E-state index is 12.6. The highest BCUT2D eigenvalue weighted by molar-refractivity contribution is 7.89. The number of hydrogen-bond donors (Lipinski definition) is 1. The highest BCUT2D eigenvalue weighted by Gasteiger charge is 2.26. The fourth-order valence-electron chi connectivity index (χ4n) is 2.04. The summed E-state index contributed by atoms with van der Waals surface area (Å²) in [4.78, 5) is -0.0134. The first-order chi connectivity index (χ1) is 9.88. The number of aliphatic hydroxyl groups is 1. The standard InChI is InChI=1S/C14H22ClNO4S/c1-4-5-6-7-16(2)21(18,19)13-9-12(15)8-11(10-17)14(13)20-3/h8-9,17H,4-7,10H2,1-3H3. The smallest absolute Gasteiger partial charge is 0.246 e. The van der Waals surface area contributed by atoms with E-state index in [4.69, 9.17) is 16.3 Å². The van der Waals surface area contributed by atoms with Crippen LogP contribution in [0.15, 0.2) is 17.0 Å². The van der Waals surface area contributed by atoms with Crippen molar-refractivity contribution in [2.24, 2.45) is 0 Å². The maximum absolute atomic E-state index is 12.6. The van der Waals surface area contributed by atoms with Gasteiger partial charge in [0.1, 0.15) is 10.6 Å². The van der Waals surface area contributed by atoms with Crippen molar-refractivity contribution < 1.29 is 18.3 Å². The van der Waals surface area contributed by atoms with Crippen LogP contribution >= 0.6 is 11.6 Å². The number of nitrogens with zero attached hydrogens (tertiary/aromatic N) is 1. The minimum absolute atomic E-state index is 0.0134. The highest BCUT2D eigenvalue weighted by atomic mass is 35.5. The molecule has 0 saturated carbocycles. The zero-order valence-corrected chi connectivity index (χ0v) is 14.2. The molecule has 0 aliphatic heterocycles. The summed E-state index contributed by atoms with van der Waals surface area (Å²) >= 11 is 5.95. The van der Waals surface area contributed by atoms with Crippen LogP contribution in [0.25, 0.3) is 0 Å². The molecule has 0 atom stereocenters. The van der Waals surface area contributed by atoms with Crippen LogP contribution in [0.1, 0.15) is 31.7 Å². The first kappa shape index (κ1) is 18.2. The van der Waals surface area contributed by atoms with Gasteiger partial charge in [0.15, 0.2) is 0 Å². The molecule has 0 aliphatic carbocycles. The molecule has 1 aromatic carbocycles. The van der Waals surface area contributed by atoms with Crippen LogP contribution in [0.3, 0.4) is 0 Å². The lowest BCUT2D eigenvalue weighted by atomic mass is 10.2. The van der Waals surface area contributed by atoms with Crippen LogP contribution in [0, 0.1) is 0 Å². The van der Waals surface area contributed by atoms with Gasteiger partial charge in [0.25, 0.3) is 0 Å². The summed E-state index contributed by atoms with van der Waals surface area (Å²) in [6.45, 7) is 2.15. The summed E-state index contributed by atoms with van der Waals surface area (Å²) in [6, 6.07) is 2.85. The average molecular weight is 336 g/mol. The summed E-state index contributed by atoms with van der Waals surface area (Å²) in [5, 5.41) is 9.58. The Morgan fingerprint density at radius 1 is 1.33 bits per heavy atom. The average Bonchev–Trinajstić information content (AvgIpc) is 2.46. The van der Waals surface area contributed by atoms with Gasteiger partial charge in [0.05, 0.1) is 13.7 Å². The zero-order chi connectivity index (χ0) is 16.0. The van der Waals surface area contributed by atoms with Gasteiger partial charge in [-0.05, 0) is 18.6 Å². The van der Waals surface area contributed by atoms with Crippen molar-refractivity contribution in [3.8, 4) is 5.75 Å². The van der Waals surface area contributed by atoms with Gasteiger partial charge in [-0.2, -0.15) is 0 Å². The number of benzene rings is 1. The molecule has 7 heteroatoms. The van der Waals surface area contributed by atoms with Crippen molar-refractivity contribution in [2.45, 2.75) is 37.7 Å². The van der Waals surface area contributed by atoms with Crippen molar-refractivity contribution in [1.29, 1.82) is 0 Å². The molecule has 1 rings (SSSR count). The van der Waals surface area contributed by atoms with Crippen LogP contribution in [0.2, 0.25) is 5.02 Å². The monoisotopic (exact) mass is 335 g/mol. The SMILES string of the molecule is CCCCCN(C)S(=O)(=O)c1cc(Cl)cc(CO)c1OC. The molecule has 120 valence electrons. The lowest BCUT2D eigenvalue weighted by Crippen LogP contribution is -2.28. The molecule has 0 amide bonds. The molecule has 0 fully saturated rings. The molecule has 0 radical (unpaired) electrons. The van der Waals surface area contributed by atoms with Gasteiger partial charge < -0.3 is 9.84 Å². The Morgan fingerprint density at radius 3 is 2.52 bits per heavy atom. The molecule has 0 saturated heterocycles. The van der Waals surface area contributed by atoms with Gasteiger partial charge >= 0.3 is 0 Å². The zero-order valence-electron chi connectivity index (χ0n) is 12.6. The lowest BCUT2D eigenvalue weighted by Gasteiger charge is -2.20. The van der Waals surface area contributed by atoms with E-state index >= 15 is 0 Å². The molecule has 0 aliphatic rings. The van der Waals surface area contributed by atoms with Gasteiger partial charge in [-0.3, -0.25) is 0 Å². The van der Waals surface area contributed by atoms with Gasteiger partial charge in [0.2, 0.25) is 10.0 Å². The van der Waals surface area contributed by atoms with E-state index in [1.165, 1.54) is 30.6 Å². The Morgan fingerprint density at radius 2 is 2.00 bits per heavy atom. The molecule has 1 N–H and O–H groups in total. The van der Waals surface area contributed by atoms with E-state index in [2.05, 4.69) is 6.92 Å². The quantitative estimate of drug-likeness (QED) is 0.742. The lowest BCUT2D eigenvalue weighted by molar-refractivity contribution is 0.272. The van der Waals surface area contributed by atoms with Crippen LogP contribution in [0.4, 0.5) is 0 Å². The minimum Gasteiger partial charge on any atom is -0.495 e. The number of ether oxygens (including phenoxy) is 1. The molecule has 0 heterocycles. The molecular weight excluding hydrogens is 314 g/mol. The number of unbranched alkanes of at least 4 members (excludes halogenated alkanes) is 2. The van der Waals surface area contributed by atoms with Crippen molar-refractivity contribution in [3.05, 3.63) is 22.7 Å². The number of rotatable bonds is 8. The van der Waals surface area contributed by atoms with Crippen LogP contribution in [0.5, 0.6) is 5.75 Å². The summed E-state index contributed by atoms with van der Waals surface area (Å²) in [6.07, 6.45) is 2.78. The molecular formula is C14H22ClNO4S. The molecule has 0 aromatic heterocycles. The first-order valence-electron chi connectivity index (χ1n) is 6.82. The molecule has 21 heavy (non-hydrogen) atoms. The highest BCUT2D eigenvalue weighted by Crippen LogP contribution is 2.33. The molecule has 0 spiro atoms. The van der Waals surface area contributed by atoms with Crippen LogP contribution in [-0.4, -0.2) is 38.5 Å². The second-order valence-electron chi connectivity index (χ2n) is 4.79. The molecule has 5 nitrogen and oxygen atoms in total. The third-order valence-corrected chi connectivity index (χ3v) is 5.32. The van der Waals surface area contributed by atoms with Crippen molar-refractivity contribution in [3.63, 3.8) is 0 Å². The predicted octanol–water partition coefficient (Wildman–Crippen LogP) is 2.65. The first-order valence-corrected chi connectivity index (χ1v) is 8.63. The van der Waals surface area contributed by atoms with E-state index in [0.29, 0.717) is 12.1 Å². The van der Waals surface area contributed by atoms with Crippen LogP contribution in [-0.2, 0) is 16.6 Å². The number of sulfonamides is 1. The predicted molar refractivity (Wildman–Crippen MR) is 83.3 cm³/mol. The van der Waals surface area contributed by atoms with Crippen molar-refractivity contribution in [2.75, 3.05) is 20.7 Å². The van der Waals surface area contributed by atoms with Crippen molar-refractivity contribution >= 4 is 21.6 Å². The summed E-state index contributed by atoms with van der Waals surface area (Å²) in [5.41, 5.74) is 0.352. The number of aliphatic hydroxyl groups excluding tert-OH is 1. The number of methoxy groups -OCH3 is 1. The molecule has 0 unspecified atom stereocenters. The van der Waals surface area contributed by atoms with E-state index in [1.54, 1.807) is 0 Å². The normalized spacial score (nSPS) is 11.9. The fraction of sp³-hybridized carbons (Fsp3) is 0.571. The summed E-state index contributed by atoms with van der Waals surface area (Å²) in [7, 11) is -0.799. The molecule has 1 aromatic rings. The third kappa shape index (κ3) is 4.32. The third-order valence-electron chi connectivity index (χ3n) is 3.24. The Kier molecular flexibility index (Phi) is 6.93. The largest absolute Gasteiger partial charge is 0.495 e. The maximum Gasteiger partial charge on any atom is 0.246 e. The fourth-order valence-corrected chi connectivity index (χ4v) is 3.77. The number of hydrogen-bond acceptors (Lipinski definition) is 4. The second-order valence-corrected chi connectivity index (χ2v) is 7.24. The Hall–Kier alpha value is -0.820. The Bertz CT molecular complexity index is 575. The summed E-state index contributed by atoms with van der Waals surface area (Å²) < 4.78 is 31.7.